The number of carbonyl (C=O) groups is 2. The molecule has 0 atom stereocenters. The summed E-state index contributed by atoms with van der Waals surface area (Å²) in [5.74, 6) is -0.859. The first-order valence-electron chi connectivity index (χ1n) is 22.7. The van der Waals surface area contributed by atoms with Gasteiger partial charge < -0.3 is 29.2 Å². The van der Waals surface area contributed by atoms with Crippen molar-refractivity contribution in [3.63, 3.8) is 0 Å². The maximum atomic E-state index is 13.1. The van der Waals surface area contributed by atoms with Gasteiger partial charge in [0.15, 0.2) is 0 Å². The molecule has 2 fully saturated rings. The fourth-order valence-corrected chi connectivity index (χ4v) is 8.52. The van der Waals surface area contributed by atoms with Gasteiger partial charge in [-0.15, -0.1) is 0 Å². The Morgan fingerprint density at radius 1 is 0.500 bits per heavy atom. The molecule has 360 valence electrons. The molecule has 2 aromatic heterocycles. The third-order valence-electron chi connectivity index (χ3n) is 12.2. The molecule has 2 amide bonds. The second-order valence-corrected chi connectivity index (χ2v) is 16.8. The number of hydrogen-bond donors (Lipinski definition) is 2. The first kappa shape index (κ1) is 49.7. The van der Waals surface area contributed by atoms with E-state index in [-0.39, 0.29) is 11.4 Å². The number of benzene rings is 4. The molecule has 0 saturated carbocycles. The first-order chi connectivity index (χ1) is 32.7. The molecule has 0 bridgehead atoms. The van der Waals surface area contributed by atoms with Crippen LogP contribution in [0.4, 0.5) is 37.7 Å². The summed E-state index contributed by atoms with van der Waals surface area (Å²) in [4.78, 5) is 30.9. The molecule has 2 aliphatic heterocycles. The molecule has 0 spiro atoms. The summed E-state index contributed by atoms with van der Waals surface area (Å²) in [6.45, 7) is 13.7. The molecule has 4 heterocycles. The maximum absolute atomic E-state index is 13.1. The molecule has 0 radical (unpaired) electrons. The predicted octanol–water partition coefficient (Wildman–Crippen LogP) is 10.9. The number of anilines is 2. The number of alkyl halides is 6. The van der Waals surface area contributed by atoms with Gasteiger partial charge in [0.2, 0.25) is 0 Å². The molecule has 0 aliphatic carbocycles. The topological polar surface area (TPSA) is 93.0 Å². The summed E-state index contributed by atoms with van der Waals surface area (Å²) in [7, 11) is 0. The zero-order valence-electron chi connectivity index (χ0n) is 38.1. The standard InChI is InChI=1S/2C26H28F3N3O2/c2*1-19-23(25(33)30-22-10-5-9-21(17-22)26(27,28)29)18-24(20-7-3-2-4-8-20)32(19)12-6-11-31-13-15-34-16-14-31/h2*2-5,7-10,17-18H,6,11-16H2,1H3,(H,30,33). The summed E-state index contributed by atoms with van der Waals surface area (Å²) >= 11 is 0. The van der Waals surface area contributed by atoms with Crippen LogP contribution in [0.15, 0.2) is 121 Å². The van der Waals surface area contributed by atoms with Crippen LogP contribution >= 0.6 is 0 Å². The second-order valence-electron chi connectivity index (χ2n) is 16.8. The van der Waals surface area contributed by atoms with Crippen LogP contribution in [0.25, 0.3) is 22.5 Å². The van der Waals surface area contributed by atoms with E-state index in [4.69, 9.17) is 9.47 Å². The van der Waals surface area contributed by atoms with Crippen LogP contribution in [0, 0.1) is 13.8 Å². The Balaban J connectivity index is 0.000000201. The number of ether oxygens (including phenoxy) is 2. The number of aromatic nitrogens is 2. The maximum Gasteiger partial charge on any atom is 0.416 e. The number of amides is 2. The van der Waals surface area contributed by atoms with Crippen molar-refractivity contribution in [3.8, 4) is 22.5 Å². The molecular weight excluding hydrogens is 887 g/mol. The summed E-state index contributed by atoms with van der Waals surface area (Å²) in [6.07, 6.45) is -7.13. The summed E-state index contributed by atoms with van der Waals surface area (Å²) in [5, 5.41) is 5.27. The van der Waals surface area contributed by atoms with Gasteiger partial charge in [0.1, 0.15) is 0 Å². The lowest BCUT2D eigenvalue weighted by molar-refractivity contribution is -0.138. The van der Waals surface area contributed by atoms with Gasteiger partial charge in [0.05, 0.1) is 48.7 Å². The van der Waals surface area contributed by atoms with E-state index in [1.165, 1.54) is 24.3 Å². The van der Waals surface area contributed by atoms with Gasteiger partial charge in [0, 0.05) is 86.5 Å². The molecule has 0 unspecified atom stereocenters. The van der Waals surface area contributed by atoms with Gasteiger partial charge in [-0.2, -0.15) is 26.3 Å². The van der Waals surface area contributed by atoms with Crippen molar-refractivity contribution >= 4 is 23.2 Å². The van der Waals surface area contributed by atoms with E-state index in [1.54, 1.807) is 0 Å². The van der Waals surface area contributed by atoms with Gasteiger partial charge in [-0.1, -0.05) is 72.8 Å². The lowest BCUT2D eigenvalue weighted by Crippen LogP contribution is -2.37. The van der Waals surface area contributed by atoms with Crippen LogP contribution in [0.5, 0.6) is 0 Å². The minimum atomic E-state index is -4.47. The Morgan fingerprint density at radius 2 is 0.868 bits per heavy atom. The van der Waals surface area contributed by atoms with Crippen LogP contribution in [-0.2, 0) is 34.9 Å². The zero-order valence-corrected chi connectivity index (χ0v) is 38.1. The molecule has 4 aromatic carbocycles. The molecule has 16 heteroatoms. The molecular formula is C52H56F6N6O4. The number of morpholine rings is 2. The van der Waals surface area contributed by atoms with Crippen molar-refractivity contribution in [1.82, 2.24) is 18.9 Å². The average molecular weight is 943 g/mol. The molecule has 2 saturated heterocycles. The van der Waals surface area contributed by atoms with Gasteiger partial charge in [-0.3, -0.25) is 19.4 Å². The van der Waals surface area contributed by atoms with Crippen molar-refractivity contribution in [3.05, 3.63) is 155 Å². The number of halogens is 6. The number of rotatable bonds is 14. The van der Waals surface area contributed by atoms with Crippen molar-refractivity contribution < 1.29 is 45.4 Å². The smallest absolute Gasteiger partial charge is 0.379 e. The molecule has 2 aliphatic rings. The SMILES string of the molecule is Cc1c(C(=O)Nc2cccc(C(F)(F)F)c2)cc(-c2ccccc2)n1CCCN1CCOCC1.Cc1c(C(=O)Nc2cccc(C(F)(F)F)c2)cc(-c2ccccc2)n1CCCN1CCOCC1. The minimum absolute atomic E-state index is 0.112. The number of hydrogen-bond acceptors (Lipinski definition) is 6. The monoisotopic (exact) mass is 942 g/mol. The van der Waals surface area contributed by atoms with E-state index in [9.17, 15) is 35.9 Å². The molecule has 68 heavy (non-hydrogen) atoms. The number of nitrogens with one attached hydrogen (secondary N) is 2. The van der Waals surface area contributed by atoms with Gasteiger partial charge in [0.25, 0.3) is 11.8 Å². The normalized spacial score (nSPS) is 14.8. The summed E-state index contributed by atoms with van der Waals surface area (Å²) in [5.41, 5.74) is 4.87. The fraction of sp³-hybridized carbons (Fsp3) is 0.346. The highest BCUT2D eigenvalue weighted by molar-refractivity contribution is 6.07. The first-order valence-corrected chi connectivity index (χ1v) is 22.7. The molecule has 10 nitrogen and oxygen atoms in total. The van der Waals surface area contributed by atoms with E-state index in [0.717, 1.165) is 150 Å². The third kappa shape index (κ3) is 13.1. The molecule has 6 aromatic rings. The largest absolute Gasteiger partial charge is 0.416 e. The van der Waals surface area contributed by atoms with Crippen molar-refractivity contribution in [1.29, 1.82) is 0 Å². The molecule has 2 N–H and O–H groups in total. The predicted molar refractivity (Wildman–Crippen MR) is 252 cm³/mol. The highest BCUT2D eigenvalue weighted by Gasteiger charge is 2.32. The Morgan fingerprint density at radius 3 is 1.22 bits per heavy atom. The van der Waals surface area contributed by atoms with Crippen LogP contribution < -0.4 is 10.6 Å². The fourth-order valence-electron chi connectivity index (χ4n) is 8.52. The molecule has 8 rings (SSSR count). The van der Waals surface area contributed by atoms with Crippen LogP contribution in [0.2, 0.25) is 0 Å². The van der Waals surface area contributed by atoms with E-state index in [1.807, 2.05) is 86.6 Å². The Kier molecular flexibility index (Phi) is 16.6. The number of nitrogens with zero attached hydrogens (tertiary/aromatic N) is 4. The van der Waals surface area contributed by atoms with E-state index in [2.05, 4.69) is 29.6 Å². The van der Waals surface area contributed by atoms with E-state index >= 15 is 0 Å². The van der Waals surface area contributed by atoms with Crippen molar-refractivity contribution in [2.75, 3.05) is 76.3 Å². The summed E-state index contributed by atoms with van der Waals surface area (Å²) < 4.78 is 93.4. The highest BCUT2D eigenvalue weighted by Crippen LogP contribution is 2.33. The van der Waals surface area contributed by atoms with Gasteiger partial charge >= 0.3 is 12.4 Å². The Labute approximate surface area is 392 Å². The highest BCUT2D eigenvalue weighted by atomic mass is 19.4. The number of carbonyl (C=O) groups excluding carboxylic acids is 2. The van der Waals surface area contributed by atoms with Crippen LogP contribution in [0.1, 0.15) is 56.1 Å². The van der Waals surface area contributed by atoms with Crippen LogP contribution in [0.3, 0.4) is 0 Å². The third-order valence-corrected chi connectivity index (χ3v) is 12.2. The lowest BCUT2D eigenvalue weighted by Gasteiger charge is -2.26. The minimum Gasteiger partial charge on any atom is -0.379 e. The lowest BCUT2D eigenvalue weighted by atomic mass is 10.1. The van der Waals surface area contributed by atoms with E-state index < -0.39 is 35.3 Å². The second kappa shape index (κ2) is 22.7. The van der Waals surface area contributed by atoms with Crippen molar-refractivity contribution in [2.45, 2.75) is 52.1 Å². The Bertz CT molecular complexity index is 2420. The van der Waals surface area contributed by atoms with Crippen LogP contribution in [-0.4, -0.2) is 96.4 Å². The van der Waals surface area contributed by atoms with Crippen molar-refractivity contribution in [2.24, 2.45) is 0 Å². The average Bonchev–Trinajstić information content (AvgIpc) is 3.85. The van der Waals surface area contributed by atoms with E-state index in [0.29, 0.717) is 11.1 Å². The zero-order chi connectivity index (χ0) is 48.3. The summed E-state index contributed by atoms with van der Waals surface area (Å²) in [6, 6.07) is 32.6. The van der Waals surface area contributed by atoms with Gasteiger partial charge in [-0.25, -0.2) is 0 Å². The quantitative estimate of drug-likeness (QED) is 0.106. The Hall–Kier alpha value is -6.20. The van der Waals surface area contributed by atoms with Gasteiger partial charge in [-0.05, 0) is 86.3 Å².